The Morgan fingerprint density at radius 2 is 1.85 bits per heavy atom. The molecule has 0 spiro atoms. The van der Waals surface area contributed by atoms with E-state index in [9.17, 15) is 4.79 Å². The van der Waals surface area contributed by atoms with E-state index in [1.54, 1.807) is 0 Å². The first-order chi connectivity index (χ1) is 12.9. The molecule has 0 saturated carbocycles. The van der Waals surface area contributed by atoms with E-state index >= 15 is 0 Å². The van der Waals surface area contributed by atoms with Crippen molar-refractivity contribution in [1.29, 1.82) is 0 Å². The highest BCUT2D eigenvalue weighted by Gasteiger charge is 2.32. The number of likely N-dealkylation sites (N-methyl/N-ethyl adjacent to an activating group) is 1. The van der Waals surface area contributed by atoms with E-state index in [4.69, 9.17) is 0 Å². The van der Waals surface area contributed by atoms with Gasteiger partial charge >= 0.3 is 0 Å². The molecular formula is C23H49N3O. The summed E-state index contributed by atoms with van der Waals surface area (Å²) in [5.41, 5.74) is 0. The van der Waals surface area contributed by atoms with Gasteiger partial charge in [-0.25, -0.2) is 0 Å². The highest BCUT2D eigenvalue weighted by atomic mass is 16.2. The van der Waals surface area contributed by atoms with Crippen LogP contribution in [0.4, 0.5) is 0 Å². The van der Waals surface area contributed by atoms with Gasteiger partial charge in [0.2, 0.25) is 5.91 Å². The topological polar surface area (TPSA) is 35.6 Å². The lowest BCUT2D eigenvalue weighted by Gasteiger charge is -2.32. The Labute approximate surface area is 170 Å². The molecule has 0 aromatic heterocycles. The second-order valence-corrected chi connectivity index (χ2v) is 8.32. The summed E-state index contributed by atoms with van der Waals surface area (Å²) in [6, 6.07) is 0.424. The Bertz CT molecular complexity index is 373. The molecule has 1 fully saturated rings. The van der Waals surface area contributed by atoms with Gasteiger partial charge in [0.25, 0.3) is 0 Å². The average Bonchev–Trinajstić information content (AvgIpc) is 3.14. The third kappa shape index (κ3) is 9.94. The maximum atomic E-state index is 13.0. The van der Waals surface area contributed by atoms with E-state index in [2.05, 4.69) is 56.9 Å². The van der Waals surface area contributed by atoms with Crippen molar-refractivity contribution in [2.45, 2.75) is 98.6 Å². The molecule has 0 radical (unpaired) electrons. The van der Waals surface area contributed by atoms with Gasteiger partial charge in [-0.05, 0) is 58.2 Å². The van der Waals surface area contributed by atoms with Crippen LogP contribution in [0.15, 0.2) is 0 Å². The average molecular weight is 384 g/mol. The van der Waals surface area contributed by atoms with Gasteiger partial charge in [0.15, 0.2) is 0 Å². The quantitative estimate of drug-likeness (QED) is 0.526. The maximum Gasteiger partial charge on any atom is 0.237 e. The molecule has 0 aromatic rings. The van der Waals surface area contributed by atoms with Crippen LogP contribution in [0.3, 0.4) is 0 Å². The lowest BCUT2D eigenvalue weighted by atomic mass is 9.84. The lowest BCUT2D eigenvalue weighted by Crippen LogP contribution is -2.50. The number of hydrogen-bond donors (Lipinski definition) is 1. The third-order valence-electron chi connectivity index (χ3n) is 5.92. The number of nitrogens with zero attached hydrogens (tertiary/aromatic N) is 2. The highest BCUT2D eigenvalue weighted by molar-refractivity contribution is 5.82. The van der Waals surface area contributed by atoms with E-state index in [1.165, 1.54) is 12.8 Å². The summed E-state index contributed by atoms with van der Waals surface area (Å²) in [7, 11) is 4.20. The Morgan fingerprint density at radius 3 is 2.37 bits per heavy atom. The van der Waals surface area contributed by atoms with Crippen molar-refractivity contribution in [2.75, 3.05) is 33.7 Å². The van der Waals surface area contributed by atoms with Gasteiger partial charge in [0.05, 0.1) is 6.04 Å². The maximum absolute atomic E-state index is 13.0. The molecule has 0 aliphatic carbocycles. The van der Waals surface area contributed by atoms with Crippen molar-refractivity contribution in [3.63, 3.8) is 0 Å². The van der Waals surface area contributed by atoms with Crippen LogP contribution in [0.25, 0.3) is 0 Å². The predicted molar refractivity (Wildman–Crippen MR) is 119 cm³/mol. The second kappa shape index (κ2) is 15.3. The Kier molecular flexibility index (Phi) is 15.0. The fourth-order valence-electron chi connectivity index (χ4n) is 4.03. The predicted octanol–water partition coefficient (Wildman–Crippen LogP) is 4.79. The van der Waals surface area contributed by atoms with Crippen molar-refractivity contribution in [2.24, 2.45) is 11.8 Å². The summed E-state index contributed by atoms with van der Waals surface area (Å²) in [4.78, 5) is 17.6. The third-order valence-corrected chi connectivity index (χ3v) is 5.92. The molecule has 1 aliphatic rings. The highest BCUT2D eigenvalue weighted by Crippen LogP contribution is 2.25. The standard InChI is InChI=1S/C21H43N3O.C2H6/c1-7-11-19(18(9-3)16-17(4)8-2)22-21(25)20-12-10-13-24(20)15-14-23(5)6;1-2/h17-20H,7-16H2,1-6H3,(H,22,25);1-2H3. The number of carbonyl (C=O) groups excluding carboxylic acids is 1. The van der Waals surface area contributed by atoms with Gasteiger partial charge in [0, 0.05) is 19.1 Å². The molecule has 1 rings (SSSR count). The van der Waals surface area contributed by atoms with E-state index < -0.39 is 0 Å². The first-order valence-corrected chi connectivity index (χ1v) is 11.6. The zero-order valence-corrected chi connectivity index (χ0v) is 19.7. The monoisotopic (exact) mass is 383 g/mol. The zero-order chi connectivity index (χ0) is 20.8. The van der Waals surface area contributed by atoms with E-state index in [0.717, 1.165) is 57.7 Å². The molecule has 1 aliphatic heterocycles. The van der Waals surface area contributed by atoms with Crippen molar-refractivity contribution in [1.82, 2.24) is 15.1 Å². The zero-order valence-electron chi connectivity index (χ0n) is 19.7. The Hall–Kier alpha value is -0.610. The van der Waals surface area contributed by atoms with Crippen LogP contribution in [0.2, 0.25) is 0 Å². The second-order valence-electron chi connectivity index (χ2n) is 8.32. The van der Waals surface area contributed by atoms with Gasteiger partial charge in [-0.15, -0.1) is 0 Å². The van der Waals surface area contributed by atoms with Crippen LogP contribution >= 0.6 is 0 Å². The fourth-order valence-corrected chi connectivity index (χ4v) is 4.03. The number of nitrogens with one attached hydrogen (secondary N) is 1. The molecule has 1 heterocycles. The minimum Gasteiger partial charge on any atom is -0.352 e. The van der Waals surface area contributed by atoms with Gasteiger partial charge in [0.1, 0.15) is 0 Å². The SMILES string of the molecule is CC.CCCC(NC(=O)C1CCCN1CCN(C)C)C(CC)CC(C)CC. The number of likely N-dealkylation sites (tertiary alicyclic amines) is 1. The van der Waals surface area contributed by atoms with E-state index in [-0.39, 0.29) is 11.9 Å². The van der Waals surface area contributed by atoms with Gasteiger partial charge in [-0.2, -0.15) is 0 Å². The Balaban J connectivity index is 0.00000326. The van der Waals surface area contributed by atoms with Gasteiger partial charge in [-0.3, -0.25) is 9.69 Å². The first kappa shape index (κ1) is 26.4. The summed E-state index contributed by atoms with van der Waals surface area (Å²) >= 11 is 0. The van der Waals surface area contributed by atoms with E-state index in [0.29, 0.717) is 12.0 Å². The molecule has 4 unspecified atom stereocenters. The molecule has 0 aromatic carbocycles. The summed E-state index contributed by atoms with van der Waals surface area (Å²) in [5.74, 6) is 1.62. The van der Waals surface area contributed by atoms with Crippen LogP contribution in [-0.4, -0.2) is 61.5 Å². The fraction of sp³-hybridized carbons (Fsp3) is 0.957. The largest absolute Gasteiger partial charge is 0.352 e. The van der Waals surface area contributed by atoms with Crippen LogP contribution < -0.4 is 5.32 Å². The number of amides is 1. The molecule has 162 valence electrons. The van der Waals surface area contributed by atoms with Crippen LogP contribution in [-0.2, 0) is 4.79 Å². The molecule has 27 heavy (non-hydrogen) atoms. The molecule has 0 bridgehead atoms. The van der Waals surface area contributed by atoms with Crippen molar-refractivity contribution >= 4 is 5.91 Å². The lowest BCUT2D eigenvalue weighted by molar-refractivity contribution is -0.126. The summed E-state index contributed by atoms with van der Waals surface area (Å²) in [6.45, 7) is 16.2. The molecule has 4 nitrogen and oxygen atoms in total. The molecule has 1 N–H and O–H groups in total. The van der Waals surface area contributed by atoms with Crippen molar-refractivity contribution in [3.8, 4) is 0 Å². The van der Waals surface area contributed by atoms with Crippen LogP contribution in [0, 0.1) is 11.8 Å². The molecule has 1 saturated heterocycles. The van der Waals surface area contributed by atoms with Crippen molar-refractivity contribution in [3.05, 3.63) is 0 Å². The summed E-state index contributed by atoms with van der Waals surface area (Å²) < 4.78 is 0. The minimum atomic E-state index is 0.0837. The minimum absolute atomic E-state index is 0.0837. The van der Waals surface area contributed by atoms with Crippen molar-refractivity contribution < 1.29 is 4.79 Å². The van der Waals surface area contributed by atoms with Crippen LogP contribution in [0.5, 0.6) is 0 Å². The van der Waals surface area contributed by atoms with E-state index in [1.807, 2.05) is 13.8 Å². The summed E-state index contributed by atoms with van der Waals surface area (Å²) in [5, 5.41) is 3.46. The smallest absolute Gasteiger partial charge is 0.237 e. The molecule has 1 amide bonds. The number of rotatable bonds is 12. The number of carbonyl (C=O) groups is 1. The Morgan fingerprint density at radius 1 is 1.19 bits per heavy atom. The molecule has 4 heteroatoms. The summed E-state index contributed by atoms with van der Waals surface area (Å²) in [6.07, 6.45) is 8.01. The van der Waals surface area contributed by atoms with Gasteiger partial charge in [-0.1, -0.05) is 60.8 Å². The molecule has 4 atom stereocenters. The first-order valence-electron chi connectivity index (χ1n) is 11.6. The van der Waals surface area contributed by atoms with Gasteiger partial charge < -0.3 is 10.2 Å². The number of hydrogen-bond acceptors (Lipinski definition) is 3. The van der Waals surface area contributed by atoms with Crippen LogP contribution in [0.1, 0.15) is 86.5 Å². The normalized spacial score (nSPS) is 20.7. The molecular weight excluding hydrogens is 334 g/mol.